The molecule has 1 aromatic rings. The van der Waals surface area contributed by atoms with Crippen LogP contribution in [-0.4, -0.2) is 13.7 Å². The Morgan fingerprint density at radius 2 is 2.33 bits per heavy atom. The molecule has 0 amide bonds. The topological polar surface area (TPSA) is 21.3 Å². The molecule has 0 unspecified atom stereocenters. The summed E-state index contributed by atoms with van der Waals surface area (Å²) in [4.78, 5) is 0. The molecule has 0 fully saturated rings. The highest BCUT2D eigenvalue weighted by Gasteiger charge is 2.03. The van der Waals surface area contributed by atoms with Crippen molar-refractivity contribution >= 4 is 11.6 Å². The maximum atomic E-state index is 12.9. The second kappa shape index (κ2) is 6.43. The van der Waals surface area contributed by atoms with Gasteiger partial charge in [-0.25, -0.2) is 4.39 Å². The molecule has 0 aliphatic rings. The summed E-state index contributed by atoms with van der Waals surface area (Å²) in [5, 5.41) is 2.95. The highest BCUT2D eigenvalue weighted by atomic mass is 35.5. The van der Waals surface area contributed by atoms with Crippen molar-refractivity contribution in [1.29, 1.82) is 0 Å². The lowest BCUT2D eigenvalue weighted by atomic mass is 10.2. The lowest BCUT2D eigenvalue weighted by Gasteiger charge is -2.09. The Balaban J connectivity index is 2.75. The van der Waals surface area contributed by atoms with E-state index in [-0.39, 0.29) is 5.82 Å². The molecule has 15 heavy (non-hydrogen) atoms. The van der Waals surface area contributed by atoms with Crippen LogP contribution in [0.3, 0.4) is 0 Å². The third-order valence-electron chi connectivity index (χ3n) is 1.81. The molecule has 0 aliphatic carbocycles. The maximum Gasteiger partial charge on any atom is 0.124 e. The highest BCUT2D eigenvalue weighted by Crippen LogP contribution is 2.19. The van der Waals surface area contributed by atoms with Gasteiger partial charge in [-0.05, 0) is 31.3 Å². The van der Waals surface area contributed by atoms with Crippen LogP contribution in [-0.2, 0) is 6.54 Å². The van der Waals surface area contributed by atoms with Gasteiger partial charge in [0.2, 0.25) is 0 Å². The summed E-state index contributed by atoms with van der Waals surface area (Å²) in [6.45, 7) is 0.948. The Kier molecular flexibility index (Phi) is 5.15. The van der Waals surface area contributed by atoms with Gasteiger partial charge in [0.05, 0.1) is 0 Å². The summed E-state index contributed by atoms with van der Waals surface area (Å²) in [7, 11) is 1.80. The summed E-state index contributed by atoms with van der Waals surface area (Å²) >= 11 is 5.36. The molecule has 0 saturated carbocycles. The van der Waals surface area contributed by atoms with Crippen LogP contribution in [0.5, 0.6) is 5.75 Å². The fraction of sp³-hybridized carbons (Fsp3) is 0.273. The van der Waals surface area contributed by atoms with Gasteiger partial charge < -0.3 is 10.1 Å². The second-order valence-corrected chi connectivity index (χ2v) is 3.21. The van der Waals surface area contributed by atoms with Gasteiger partial charge >= 0.3 is 0 Å². The minimum atomic E-state index is -0.263. The van der Waals surface area contributed by atoms with E-state index >= 15 is 0 Å². The summed E-state index contributed by atoms with van der Waals surface area (Å²) in [5.74, 6) is 0.404. The zero-order valence-electron chi connectivity index (χ0n) is 8.47. The van der Waals surface area contributed by atoms with Crippen molar-refractivity contribution in [2.45, 2.75) is 6.54 Å². The molecule has 0 aromatic heterocycles. The molecule has 0 atom stereocenters. The summed E-state index contributed by atoms with van der Waals surface area (Å²) < 4.78 is 18.3. The van der Waals surface area contributed by atoms with Gasteiger partial charge in [-0.2, -0.15) is 0 Å². The highest BCUT2D eigenvalue weighted by molar-refractivity contribution is 6.25. The average Bonchev–Trinajstić information content (AvgIpc) is 2.22. The molecule has 0 spiro atoms. The van der Waals surface area contributed by atoms with Crippen molar-refractivity contribution in [3.8, 4) is 5.75 Å². The molecule has 0 heterocycles. The van der Waals surface area contributed by atoms with Crippen LogP contribution >= 0.6 is 11.6 Å². The minimum Gasteiger partial charge on any atom is -0.489 e. The Morgan fingerprint density at radius 1 is 1.53 bits per heavy atom. The van der Waals surface area contributed by atoms with Crippen molar-refractivity contribution < 1.29 is 9.13 Å². The predicted octanol–water partition coefficient (Wildman–Crippen LogP) is 2.68. The van der Waals surface area contributed by atoms with E-state index in [1.54, 1.807) is 19.2 Å². The van der Waals surface area contributed by atoms with Crippen molar-refractivity contribution in [3.63, 3.8) is 0 Å². The van der Waals surface area contributed by atoms with Crippen molar-refractivity contribution in [3.05, 3.63) is 41.2 Å². The molecule has 0 aliphatic heterocycles. The summed E-state index contributed by atoms with van der Waals surface area (Å²) in [6, 6.07) is 4.44. The van der Waals surface area contributed by atoms with Gasteiger partial charge in [0.15, 0.2) is 0 Å². The third-order valence-corrected chi connectivity index (χ3v) is 1.99. The van der Waals surface area contributed by atoms with E-state index in [4.69, 9.17) is 16.3 Å². The molecule has 2 nitrogen and oxygen atoms in total. The zero-order chi connectivity index (χ0) is 11.1. The van der Waals surface area contributed by atoms with E-state index in [0.29, 0.717) is 18.9 Å². The molecule has 1 N–H and O–H groups in total. The van der Waals surface area contributed by atoms with E-state index in [9.17, 15) is 4.39 Å². The number of rotatable bonds is 5. The van der Waals surface area contributed by atoms with E-state index in [2.05, 4.69) is 5.32 Å². The van der Waals surface area contributed by atoms with Gasteiger partial charge in [0.1, 0.15) is 18.2 Å². The van der Waals surface area contributed by atoms with E-state index in [1.165, 1.54) is 17.7 Å². The molecule has 0 radical (unpaired) electrons. The smallest absolute Gasteiger partial charge is 0.124 e. The Labute approximate surface area is 93.7 Å². The molecule has 0 saturated heterocycles. The lowest BCUT2D eigenvalue weighted by molar-refractivity contribution is 0.357. The second-order valence-electron chi connectivity index (χ2n) is 2.96. The number of ether oxygens (including phenoxy) is 1. The van der Waals surface area contributed by atoms with Crippen molar-refractivity contribution in [2.75, 3.05) is 13.7 Å². The Bertz CT molecular complexity index is 341. The van der Waals surface area contributed by atoms with Crippen LogP contribution in [0, 0.1) is 5.82 Å². The SMILES string of the molecule is CNCc1cc(F)ccc1OC/C=C/Cl. The quantitative estimate of drug-likeness (QED) is 0.838. The first-order valence-electron chi connectivity index (χ1n) is 4.59. The van der Waals surface area contributed by atoms with Gasteiger partial charge in [-0.15, -0.1) is 0 Å². The van der Waals surface area contributed by atoms with E-state index in [0.717, 1.165) is 5.56 Å². The van der Waals surface area contributed by atoms with Crippen LogP contribution in [0.2, 0.25) is 0 Å². The van der Waals surface area contributed by atoms with E-state index < -0.39 is 0 Å². The first kappa shape index (κ1) is 12.0. The van der Waals surface area contributed by atoms with Gasteiger partial charge in [0, 0.05) is 17.6 Å². The lowest BCUT2D eigenvalue weighted by Crippen LogP contribution is -2.08. The fourth-order valence-corrected chi connectivity index (χ4v) is 1.26. The van der Waals surface area contributed by atoms with Crippen LogP contribution in [0.4, 0.5) is 4.39 Å². The number of nitrogens with one attached hydrogen (secondary N) is 1. The normalized spacial score (nSPS) is 10.9. The first-order chi connectivity index (χ1) is 7.27. The number of halogens is 2. The number of benzene rings is 1. The third kappa shape index (κ3) is 3.90. The first-order valence-corrected chi connectivity index (χ1v) is 5.02. The van der Waals surface area contributed by atoms with Gasteiger partial charge in [-0.3, -0.25) is 0 Å². The minimum absolute atomic E-state index is 0.263. The van der Waals surface area contributed by atoms with Crippen molar-refractivity contribution in [1.82, 2.24) is 5.32 Å². The summed E-state index contributed by atoms with van der Waals surface area (Å²) in [6.07, 6.45) is 1.67. The number of hydrogen-bond donors (Lipinski definition) is 1. The van der Waals surface area contributed by atoms with Crippen LogP contribution in [0.15, 0.2) is 29.8 Å². The maximum absolute atomic E-state index is 12.9. The molecule has 4 heteroatoms. The predicted molar refractivity (Wildman–Crippen MR) is 59.7 cm³/mol. The summed E-state index contributed by atoms with van der Waals surface area (Å²) in [5.41, 5.74) is 2.18. The van der Waals surface area contributed by atoms with Crippen LogP contribution in [0.1, 0.15) is 5.56 Å². The monoisotopic (exact) mass is 229 g/mol. The molecule has 1 aromatic carbocycles. The van der Waals surface area contributed by atoms with Crippen LogP contribution < -0.4 is 10.1 Å². The zero-order valence-corrected chi connectivity index (χ0v) is 9.22. The molecular formula is C11H13ClFNO. The average molecular weight is 230 g/mol. The number of hydrogen-bond acceptors (Lipinski definition) is 2. The Morgan fingerprint density at radius 3 is 3.00 bits per heavy atom. The Hall–Kier alpha value is -1.06. The van der Waals surface area contributed by atoms with Gasteiger partial charge in [0.25, 0.3) is 0 Å². The van der Waals surface area contributed by atoms with Gasteiger partial charge in [-0.1, -0.05) is 11.6 Å². The van der Waals surface area contributed by atoms with E-state index in [1.807, 2.05) is 0 Å². The fourth-order valence-electron chi connectivity index (χ4n) is 1.19. The molecule has 0 bridgehead atoms. The largest absolute Gasteiger partial charge is 0.489 e. The van der Waals surface area contributed by atoms with Crippen LogP contribution in [0.25, 0.3) is 0 Å². The molecule has 82 valence electrons. The van der Waals surface area contributed by atoms with Crippen molar-refractivity contribution in [2.24, 2.45) is 0 Å². The molecule has 1 rings (SSSR count). The molecular weight excluding hydrogens is 217 g/mol. The standard InChI is InChI=1S/C11H13ClFNO/c1-14-8-9-7-10(13)3-4-11(9)15-6-2-5-12/h2-5,7,14H,6,8H2,1H3/b5-2+.